The molecule has 4 nitrogen and oxygen atoms in total. The summed E-state index contributed by atoms with van der Waals surface area (Å²) in [5.41, 5.74) is 0. The van der Waals surface area contributed by atoms with E-state index in [0.29, 0.717) is 0 Å². The minimum atomic E-state index is 0.227. The van der Waals surface area contributed by atoms with E-state index in [2.05, 4.69) is 22.3 Å². The fraction of sp³-hybridized carbons (Fsp3) is 0.857. The van der Waals surface area contributed by atoms with Gasteiger partial charge in [0.25, 0.3) is 5.28 Å². The number of aryl methyl sites for hydroxylation is 1. The molecular weight excluding hydrogens is 176 g/mol. The summed E-state index contributed by atoms with van der Waals surface area (Å²) in [6.45, 7) is 3.00. The number of unbranched alkanes of at least 4 members (excludes halogenated alkanes) is 3. The van der Waals surface area contributed by atoms with Gasteiger partial charge in [-0.2, -0.15) is 4.80 Å². The van der Waals surface area contributed by atoms with E-state index in [9.17, 15) is 0 Å². The van der Waals surface area contributed by atoms with Crippen LogP contribution in [0, 0.1) is 0 Å². The van der Waals surface area contributed by atoms with Crippen molar-refractivity contribution in [3.63, 3.8) is 0 Å². The fourth-order valence-corrected chi connectivity index (χ4v) is 1.12. The Morgan fingerprint density at radius 3 is 2.75 bits per heavy atom. The molecule has 0 saturated heterocycles. The Hall–Kier alpha value is -0.640. The number of halogens is 1. The first-order chi connectivity index (χ1) is 5.83. The number of nitrogens with zero attached hydrogens (tertiary/aromatic N) is 4. The highest BCUT2D eigenvalue weighted by atomic mass is 35.5. The molecule has 12 heavy (non-hydrogen) atoms. The summed E-state index contributed by atoms with van der Waals surface area (Å²) in [5, 5.41) is 11.4. The van der Waals surface area contributed by atoms with Gasteiger partial charge in [-0.3, -0.25) is 0 Å². The standard InChI is InChI=1S/C7H13ClN4/c1-2-3-4-5-6-12-10-7(8)9-11-12/h2-6H2,1H3. The Morgan fingerprint density at radius 2 is 2.17 bits per heavy atom. The Labute approximate surface area is 76.9 Å². The maximum atomic E-state index is 5.49. The van der Waals surface area contributed by atoms with Gasteiger partial charge >= 0.3 is 0 Å². The van der Waals surface area contributed by atoms with Crippen molar-refractivity contribution in [3.8, 4) is 0 Å². The van der Waals surface area contributed by atoms with Crippen molar-refractivity contribution in [2.45, 2.75) is 39.2 Å². The SMILES string of the molecule is CCCCCCn1nnc(Cl)n1. The van der Waals surface area contributed by atoms with Crippen LogP contribution in [0.5, 0.6) is 0 Å². The molecule has 0 fully saturated rings. The van der Waals surface area contributed by atoms with Crippen LogP contribution in [-0.4, -0.2) is 20.2 Å². The second-order valence-corrected chi connectivity index (χ2v) is 3.05. The first kappa shape index (κ1) is 9.45. The molecule has 0 N–H and O–H groups in total. The van der Waals surface area contributed by atoms with E-state index in [4.69, 9.17) is 11.6 Å². The average Bonchev–Trinajstić information content (AvgIpc) is 2.45. The third-order valence-electron chi connectivity index (χ3n) is 1.64. The lowest BCUT2D eigenvalue weighted by atomic mass is 10.2. The fourth-order valence-electron chi connectivity index (χ4n) is 0.999. The van der Waals surface area contributed by atoms with Gasteiger partial charge in [-0.05, 0) is 23.2 Å². The van der Waals surface area contributed by atoms with Crippen molar-refractivity contribution in [2.24, 2.45) is 0 Å². The molecule has 5 heteroatoms. The first-order valence-corrected chi connectivity index (χ1v) is 4.64. The van der Waals surface area contributed by atoms with Gasteiger partial charge in [-0.15, -0.1) is 5.10 Å². The summed E-state index contributed by atoms with van der Waals surface area (Å²) in [6.07, 6.45) is 4.82. The zero-order chi connectivity index (χ0) is 8.81. The predicted molar refractivity (Wildman–Crippen MR) is 47.0 cm³/mol. The van der Waals surface area contributed by atoms with Crippen LogP contribution in [0.15, 0.2) is 0 Å². The quantitative estimate of drug-likeness (QED) is 0.663. The Morgan fingerprint density at radius 1 is 1.33 bits per heavy atom. The van der Waals surface area contributed by atoms with Crippen LogP contribution >= 0.6 is 11.6 Å². The van der Waals surface area contributed by atoms with Crippen molar-refractivity contribution in [1.82, 2.24) is 20.2 Å². The van der Waals surface area contributed by atoms with Crippen LogP contribution in [-0.2, 0) is 6.54 Å². The Kier molecular flexibility index (Phi) is 4.00. The largest absolute Gasteiger partial charge is 0.264 e. The highest BCUT2D eigenvalue weighted by Crippen LogP contribution is 2.01. The molecule has 1 rings (SSSR count). The average molecular weight is 189 g/mol. The van der Waals surface area contributed by atoms with Crippen LogP contribution in [0.3, 0.4) is 0 Å². The third-order valence-corrected chi connectivity index (χ3v) is 1.79. The van der Waals surface area contributed by atoms with E-state index in [-0.39, 0.29) is 5.28 Å². The number of hydrogen-bond acceptors (Lipinski definition) is 3. The van der Waals surface area contributed by atoms with Gasteiger partial charge < -0.3 is 0 Å². The highest BCUT2D eigenvalue weighted by molar-refractivity contribution is 6.28. The summed E-state index contributed by atoms with van der Waals surface area (Å²) >= 11 is 5.49. The molecule has 68 valence electrons. The molecule has 0 atom stereocenters. The van der Waals surface area contributed by atoms with Gasteiger partial charge in [-0.1, -0.05) is 31.3 Å². The van der Waals surface area contributed by atoms with E-state index in [1.165, 1.54) is 24.1 Å². The van der Waals surface area contributed by atoms with E-state index >= 15 is 0 Å². The van der Waals surface area contributed by atoms with Crippen LogP contribution in [0.1, 0.15) is 32.6 Å². The highest BCUT2D eigenvalue weighted by Gasteiger charge is 1.97. The number of hydrogen-bond donors (Lipinski definition) is 0. The molecule has 0 aromatic carbocycles. The topological polar surface area (TPSA) is 43.6 Å². The Balaban J connectivity index is 2.15. The molecule has 1 aromatic heterocycles. The first-order valence-electron chi connectivity index (χ1n) is 4.26. The van der Waals surface area contributed by atoms with Gasteiger partial charge in [0.15, 0.2) is 0 Å². The second-order valence-electron chi connectivity index (χ2n) is 2.72. The summed E-state index contributed by atoms with van der Waals surface area (Å²) in [5.74, 6) is 0. The van der Waals surface area contributed by atoms with Gasteiger partial charge in [0.05, 0.1) is 6.54 Å². The zero-order valence-corrected chi connectivity index (χ0v) is 7.96. The lowest BCUT2D eigenvalue weighted by Crippen LogP contribution is -2.02. The van der Waals surface area contributed by atoms with E-state index in [1.54, 1.807) is 0 Å². The smallest absolute Gasteiger partial charge is 0.163 e. The second kappa shape index (κ2) is 5.09. The maximum absolute atomic E-state index is 5.49. The normalized spacial score (nSPS) is 10.5. The van der Waals surface area contributed by atoms with Crippen LogP contribution in [0.2, 0.25) is 5.28 Å². The monoisotopic (exact) mass is 188 g/mol. The van der Waals surface area contributed by atoms with Crippen molar-refractivity contribution in [2.75, 3.05) is 0 Å². The molecule has 0 spiro atoms. The molecule has 0 saturated carbocycles. The van der Waals surface area contributed by atoms with Crippen molar-refractivity contribution in [3.05, 3.63) is 5.28 Å². The minimum absolute atomic E-state index is 0.227. The van der Waals surface area contributed by atoms with Crippen LogP contribution < -0.4 is 0 Å². The van der Waals surface area contributed by atoms with Crippen molar-refractivity contribution in [1.29, 1.82) is 0 Å². The van der Waals surface area contributed by atoms with E-state index in [1.807, 2.05) is 0 Å². The number of aromatic nitrogens is 4. The summed E-state index contributed by atoms with van der Waals surface area (Å²) in [4.78, 5) is 1.54. The van der Waals surface area contributed by atoms with Crippen LogP contribution in [0.25, 0.3) is 0 Å². The van der Waals surface area contributed by atoms with Gasteiger partial charge in [-0.25, -0.2) is 0 Å². The van der Waals surface area contributed by atoms with Crippen molar-refractivity contribution >= 4 is 11.6 Å². The van der Waals surface area contributed by atoms with Gasteiger partial charge in [0.2, 0.25) is 0 Å². The molecule has 0 aliphatic rings. The molecule has 0 amide bonds. The molecular formula is C7H13ClN4. The summed E-state index contributed by atoms with van der Waals surface area (Å²) < 4.78 is 0. The van der Waals surface area contributed by atoms with E-state index in [0.717, 1.165) is 13.0 Å². The molecule has 0 aliphatic heterocycles. The summed E-state index contributed by atoms with van der Waals surface area (Å²) in [6, 6.07) is 0. The van der Waals surface area contributed by atoms with Gasteiger partial charge in [0.1, 0.15) is 0 Å². The molecule has 1 heterocycles. The molecule has 0 bridgehead atoms. The number of tetrazole rings is 1. The molecule has 1 aromatic rings. The zero-order valence-electron chi connectivity index (χ0n) is 7.20. The lowest BCUT2D eigenvalue weighted by molar-refractivity contribution is 0.480. The number of rotatable bonds is 5. The maximum Gasteiger partial charge on any atom is 0.264 e. The molecule has 0 aliphatic carbocycles. The van der Waals surface area contributed by atoms with E-state index < -0.39 is 0 Å². The lowest BCUT2D eigenvalue weighted by Gasteiger charge is -1.96. The minimum Gasteiger partial charge on any atom is -0.163 e. The predicted octanol–water partition coefficient (Wildman–Crippen LogP) is 1.91. The Bertz CT molecular complexity index is 223. The van der Waals surface area contributed by atoms with Gasteiger partial charge in [0, 0.05) is 0 Å². The van der Waals surface area contributed by atoms with Crippen molar-refractivity contribution < 1.29 is 0 Å². The molecule has 0 radical (unpaired) electrons. The third kappa shape index (κ3) is 3.17. The van der Waals surface area contributed by atoms with Crippen LogP contribution in [0.4, 0.5) is 0 Å². The summed E-state index contributed by atoms with van der Waals surface area (Å²) in [7, 11) is 0. The molecule has 0 unspecified atom stereocenters.